The number of fused-ring (bicyclic) bond motifs is 1. The summed E-state index contributed by atoms with van der Waals surface area (Å²) < 4.78 is 12.0. The Morgan fingerprint density at radius 1 is 1.12 bits per heavy atom. The molecule has 2 aliphatic heterocycles. The van der Waals surface area contributed by atoms with Crippen molar-refractivity contribution in [2.45, 2.75) is 72.3 Å². The summed E-state index contributed by atoms with van der Waals surface area (Å²) in [7, 11) is 6.51. The van der Waals surface area contributed by atoms with E-state index in [2.05, 4.69) is 66.7 Å². The molecule has 0 spiro atoms. The lowest BCUT2D eigenvalue weighted by Gasteiger charge is -2.34. The van der Waals surface area contributed by atoms with Crippen molar-refractivity contribution >= 4 is 11.9 Å². The number of hydrogen-bond donors (Lipinski definition) is 1. The standard InChI is InChI=1S/C32H51N3O5/c1-9-10-14-33(15-11-16-35(6,7)8)29(36)21-34-20-25(24-12-13-27-28(17-24)40-22-39-27)30(31(37)38)26(34)19-32(4,5)18-23(2)3/h12-13,17-18,25-26,30H,9-11,14-16,19-22H2,1-8H3/p+1. The fourth-order valence-corrected chi connectivity index (χ4v) is 6.33. The van der Waals surface area contributed by atoms with Crippen molar-refractivity contribution in [3.63, 3.8) is 0 Å². The number of likely N-dealkylation sites (tertiary alicyclic amines) is 1. The molecular formula is C32H52N3O5+. The van der Waals surface area contributed by atoms with Crippen LogP contribution in [0.5, 0.6) is 11.5 Å². The van der Waals surface area contributed by atoms with E-state index in [1.165, 1.54) is 5.57 Å². The molecule has 1 aromatic rings. The summed E-state index contributed by atoms with van der Waals surface area (Å²) in [5, 5.41) is 10.6. The van der Waals surface area contributed by atoms with Crippen LogP contribution in [0.15, 0.2) is 29.8 Å². The maximum Gasteiger partial charge on any atom is 0.308 e. The van der Waals surface area contributed by atoms with Crippen LogP contribution in [0.2, 0.25) is 0 Å². The fourth-order valence-electron chi connectivity index (χ4n) is 6.33. The molecule has 3 rings (SSSR count). The number of ether oxygens (including phenoxy) is 2. The van der Waals surface area contributed by atoms with Gasteiger partial charge in [-0.25, -0.2) is 0 Å². The number of carbonyl (C=O) groups is 2. The second kappa shape index (κ2) is 13.4. The summed E-state index contributed by atoms with van der Waals surface area (Å²) >= 11 is 0. The highest BCUT2D eigenvalue weighted by Gasteiger charge is 2.48. The van der Waals surface area contributed by atoms with Gasteiger partial charge in [0, 0.05) is 38.0 Å². The minimum Gasteiger partial charge on any atom is -0.481 e. The Bertz CT molecular complexity index is 1060. The molecule has 1 aromatic carbocycles. The van der Waals surface area contributed by atoms with Crippen LogP contribution in [0.25, 0.3) is 0 Å². The predicted octanol–water partition coefficient (Wildman–Crippen LogP) is 4.99. The van der Waals surface area contributed by atoms with Gasteiger partial charge in [-0.3, -0.25) is 14.5 Å². The first-order valence-corrected chi connectivity index (χ1v) is 14.8. The maximum absolute atomic E-state index is 13.8. The van der Waals surface area contributed by atoms with E-state index in [1.54, 1.807) is 0 Å². The average Bonchev–Trinajstić information content (AvgIpc) is 3.43. The molecule has 1 amide bonds. The molecule has 3 atom stereocenters. The lowest BCUT2D eigenvalue weighted by atomic mass is 9.77. The van der Waals surface area contributed by atoms with Crippen LogP contribution < -0.4 is 9.47 Å². The third-order valence-corrected chi connectivity index (χ3v) is 8.00. The number of unbranched alkanes of at least 4 members (excludes halogenated alkanes) is 1. The number of aliphatic carboxylic acids is 1. The predicted molar refractivity (Wildman–Crippen MR) is 159 cm³/mol. The van der Waals surface area contributed by atoms with Crippen LogP contribution in [-0.4, -0.2) is 98.0 Å². The molecule has 40 heavy (non-hydrogen) atoms. The zero-order valence-corrected chi connectivity index (χ0v) is 26.0. The first kappa shape index (κ1) is 31.9. The van der Waals surface area contributed by atoms with Crippen molar-refractivity contribution in [2.75, 3.05) is 60.7 Å². The largest absolute Gasteiger partial charge is 0.481 e. The maximum atomic E-state index is 13.8. The molecule has 1 saturated heterocycles. The smallest absolute Gasteiger partial charge is 0.308 e. The van der Waals surface area contributed by atoms with E-state index < -0.39 is 11.9 Å². The number of quaternary nitrogens is 1. The van der Waals surface area contributed by atoms with Crippen LogP contribution in [0.1, 0.15) is 71.8 Å². The van der Waals surface area contributed by atoms with Gasteiger partial charge in [0.1, 0.15) is 0 Å². The van der Waals surface area contributed by atoms with Crippen LogP contribution >= 0.6 is 0 Å². The molecule has 2 aliphatic rings. The molecule has 0 bridgehead atoms. The van der Waals surface area contributed by atoms with Crippen molar-refractivity contribution in [3.8, 4) is 11.5 Å². The summed E-state index contributed by atoms with van der Waals surface area (Å²) in [6.07, 6.45) is 5.80. The Hall–Kier alpha value is -2.58. The van der Waals surface area contributed by atoms with E-state index in [0.29, 0.717) is 24.5 Å². The van der Waals surface area contributed by atoms with Crippen molar-refractivity contribution in [1.29, 1.82) is 0 Å². The number of benzene rings is 1. The van der Waals surface area contributed by atoms with Crippen molar-refractivity contribution in [1.82, 2.24) is 9.80 Å². The number of amides is 1. The summed E-state index contributed by atoms with van der Waals surface area (Å²) in [4.78, 5) is 30.8. The third kappa shape index (κ3) is 8.71. The van der Waals surface area contributed by atoms with E-state index in [0.717, 1.165) is 48.9 Å². The van der Waals surface area contributed by atoms with E-state index in [9.17, 15) is 14.7 Å². The second-order valence-electron chi connectivity index (χ2n) is 13.6. The quantitative estimate of drug-likeness (QED) is 0.256. The van der Waals surface area contributed by atoms with E-state index in [-0.39, 0.29) is 36.6 Å². The van der Waals surface area contributed by atoms with Gasteiger partial charge in [0.15, 0.2) is 11.5 Å². The average molecular weight is 559 g/mol. The first-order valence-electron chi connectivity index (χ1n) is 14.8. The fraction of sp³-hybridized carbons (Fsp3) is 0.688. The highest BCUT2D eigenvalue weighted by Crippen LogP contribution is 2.45. The van der Waals surface area contributed by atoms with Gasteiger partial charge in [-0.1, -0.05) is 44.9 Å². The minimum atomic E-state index is -0.818. The number of rotatable bonds is 14. The molecule has 1 N–H and O–H groups in total. The first-order chi connectivity index (χ1) is 18.7. The Morgan fingerprint density at radius 3 is 2.42 bits per heavy atom. The lowest BCUT2D eigenvalue weighted by molar-refractivity contribution is -0.870. The number of allylic oxidation sites excluding steroid dienone is 2. The molecule has 224 valence electrons. The summed E-state index contributed by atoms with van der Waals surface area (Å²) in [6.45, 7) is 14.0. The molecule has 0 aromatic heterocycles. The van der Waals surface area contributed by atoms with Crippen LogP contribution in [-0.2, 0) is 9.59 Å². The molecule has 0 radical (unpaired) electrons. The second-order valence-corrected chi connectivity index (χ2v) is 13.6. The van der Waals surface area contributed by atoms with Gasteiger partial charge in [0.25, 0.3) is 0 Å². The third-order valence-electron chi connectivity index (χ3n) is 8.00. The topological polar surface area (TPSA) is 79.3 Å². The van der Waals surface area contributed by atoms with Crippen molar-refractivity contribution in [2.24, 2.45) is 11.3 Å². The Morgan fingerprint density at radius 2 is 1.80 bits per heavy atom. The van der Waals surface area contributed by atoms with E-state index in [1.807, 2.05) is 23.1 Å². The van der Waals surface area contributed by atoms with Gasteiger partial charge in [-0.2, -0.15) is 0 Å². The zero-order valence-electron chi connectivity index (χ0n) is 26.0. The number of carboxylic acids is 1. The lowest BCUT2D eigenvalue weighted by Crippen LogP contribution is -2.46. The molecular weight excluding hydrogens is 506 g/mol. The van der Waals surface area contributed by atoms with E-state index >= 15 is 0 Å². The summed E-state index contributed by atoms with van der Waals surface area (Å²) in [6, 6.07) is 5.47. The van der Waals surface area contributed by atoms with E-state index in [4.69, 9.17) is 9.47 Å². The molecule has 8 nitrogen and oxygen atoms in total. The van der Waals surface area contributed by atoms with Gasteiger partial charge in [-0.05, 0) is 49.8 Å². The van der Waals surface area contributed by atoms with Gasteiger partial charge >= 0.3 is 5.97 Å². The normalized spacial score (nSPS) is 20.9. The van der Waals surface area contributed by atoms with Crippen LogP contribution in [0, 0.1) is 11.3 Å². The van der Waals surface area contributed by atoms with Gasteiger partial charge in [0.2, 0.25) is 12.7 Å². The molecule has 3 unspecified atom stereocenters. The highest BCUT2D eigenvalue weighted by molar-refractivity contribution is 5.79. The molecule has 1 fully saturated rings. The SMILES string of the molecule is CCCCN(CCC[N+](C)(C)C)C(=O)CN1CC(c2ccc3c(c2)OCO3)C(C(=O)O)C1CC(C)(C)C=C(C)C. The molecule has 0 saturated carbocycles. The zero-order chi connectivity index (χ0) is 29.7. The Kier molecular flexibility index (Phi) is 10.7. The monoisotopic (exact) mass is 558 g/mol. The van der Waals surface area contributed by atoms with Gasteiger partial charge < -0.3 is 24.0 Å². The number of carboxylic acid groups (broad SMARTS) is 1. The number of hydrogen-bond acceptors (Lipinski definition) is 5. The minimum absolute atomic E-state index is 0.0929. The number of carbonyl (C=O) groups excluding carboxylic acids is 1. The Labute approximate surface area is 241 Å². The van der Waals surface area contributed by atoms with Crippen LogP contribution in [0.4, 0.5) is 0 Å². The summed E-state index contributed by atoms with van der Waals surface area (Å²) in [5.74, 6) is -0.283. The number of nitrogens with zero attached hydrogens (tertiary/aromatic N) is 3. The van der Waals surface area contributed by atoms with Crippen molar-refractivity contribution < 1.29 is 28.7 Å². The molecule has 2 heterocycles. The van der Waals surface area contributed by atoms with Gasteiger partial charge in [0.05, 0.1) is 40.2 Å². The van der Waals surface area contributed by atoms with Crippen LogP contribution in [0.3, 0.4) is 0 Å². The molecule has 0 aliphatic carbocycles. The molecule has 8 heteroatoms. The van der Waals surface area contributed by atoms with Crippen molar-refractivity contribution in [3.05, 3.63) is 35.4 Å². The Balaban J connectivity index is 1.90. The highest BCUT2D eigenvalue weighted by atomic mass is 16.7. The summed E-state index contributed by atoms with van der Waals surface area (Å²) in [5.41, 5.74) is 1.91. The van der Waals surface area contributed by atoms with Gasteiger partial charge in [-0.15, -0.1) is 0 Å².